The zero-order valence-corrected chi connectivity index (χ0v) is 14.8. The van der Waals surface area contributed by atoms with Crippen LogP contribution in [0, 0.1) is 5.82 Å². The molecule has 0 aromatic heterocycles. The number of carbonyl (C=O) groups excluding carboxylic acids is 1. The van der Waals surface area contributed by atoms with Gasteiger partial charge in [-0.2, -0.15) is 0 Å². The Morgan fingerprint density at radius 3 is 2.41 bits per heavy atom. The third-order valence-corrected chi connectivity index (χ3v) is 4.49. The molecule has 0 saturated heterocycles. The number of methoxy groups -OCH3 is 1. The number of ether oxygens (including phenoxy) is 2. The van der Waals surface area contributed by atoms with Gasteiger partial charge in [-0.05, 0) is 62.1 Å². The van der Waals surface area contributed by atoms with E-state index in [0.29, 0.717) is 11.5 Å². The van der Waals surface area contributed by atoms with Crippen molar-refractivity contribution >= 4 is 17.6 Å². The molecule has 1 fully saturated rings. The summed E-state index contributed by atoms with van der Waals surface area (Å²) in [6.07, 6.45) is 4.42. The van der Waals surface area contributed by atoms with Crippen LogP contribution in [0.2, 0.25) is 0 Å². The number of carbonyl (C=O) groups is 2. The van der Waals surface area contributed by atoms with Crippen LogP contribution >= 0.6 is 0 Å². The van der Waals surface area contributed by atoms with Crippen molar-refractivity contribution in [3.8, 4) is 11.5 Å². The van der Waals surface area contributed by atoms with E-state index < -0.39 is 17.7 Å². The molecule has 0 unspecified atom stereocenters. The molecule has 27 heavy (non-hydrogen) atoms. The van der Waals surface area contributed by atoms with Crippen LogP contribution in [-0.4, -0.2) is 30.2 Å². The molecule has 0 atom stereocenters. The fourth-order valence-corrected chi connectivity index (χ4v) is 3.04. The van der Waals surface area contributed by atoms with E-state index in [1.807, 2.05) is 0 Å². The number of anilines is 1. The van der Waals surface area contributed by atoms with Gasteiger partial charge in [0.1, 0.15) is 5.82 Å². The minimum Gasteiger partial charge on any atom is -0.493 e. The SMILES string of the molecule is COc1cc(C(=O)Nc2ccc(C(=O)O)cc2F)ccc1OC1CCCC1. The van der Waals surface area contributed by atoms with Crippen LogP contribution in [0.5, 0.6) is 11.5 Å². The molecule has 6 nitrogen and oxygen atoms in total. The lowest BCUT2D eigenvalue weighted by atomic mass is 10.1. The Morgan fingerprint density at radius 1 is 1.07 bits per heavy atom. The normalized spacial score (nSPS) is 14.0. The van der Waals surface area contributed by atoms with Gasteiger partial charge in [-0.3, -0.25) is 4.79 Å². The second kappa shape index (κ2) is 8.07. The summed E-state index contributed by atoms with van der Waals surface area (Å²) in [5, 5.41) is 11.3. The molecule has 0 radical (unpaired) electrons. The molecule has 0 aliphatic heterocycles. The predicted molar refractivity (Wildman–Crippen MR) is 97.2 cm³/mol. The van der Waals surface area contributed by atoms with Gasteiger partial charge in [0.05, 0.1) is 24.5 Å². The molecule has 2 aromatic carbocycles. The molecule has 142 valence electrons. The zero-order chi connectivity index (χ0) is 19.4. The van der Waals surface area contributed by atoms with Crippen LogP contribution < -0.4 is 14.8 Å². The van der Waals surface area contributed by atoms with Gasteiger partial charge in [-0.1, -0.05) is 0 Å². The van der Waals surface area contributed by atoms with Crippen molar-refractivity contribution in [2.45, 2.75) is 31.8 Å². The molecule has 3 rings (SSSR count). The highest BCUT2D eigenvalue weighted by molar-refractivity contribution is 6.05. The van der Waals surface area contributed by atoms with Crippen molar-refractivity contribution < 1.29 is 28.6 Å². The Morgan fingerprint density at radius 2 is 1.78 bits per heavy atom. The van der Waals surface area contributed by atoms with Crippen molar-refractivity contribution in [2.75, 3.05) is 12.4 Å². The van der Waals surface area contributed by atoms with E-state index in [1.54, 1.807) is 12.1 Å². The highest BCUT2D eigenvalue weighted by Crippen LogP contribution is 2.32. The summed E-state index contributed by atoms with van der Waals surface area (Å²) in [5.74, 6) is -1.61. The van der Waals surface area contributed by atoms with Crippen molar-refractivity contribution in [3.05, 3.63) is 53.3 Å². The summed E-state index contributed by atoms with van der Waals surface area (Å²) in [6, 6.07) is 8.06. The van der Waals surface area contributed by atoms with Gasteiger partial charge in [-0.15, -0.1) is 0 Å². The average Bonchev–Trinajstić information content (AvgIpc) is 3.16. The smallest absolute Gasteiger partial charge is 0.335 e. The number of carboxylic acids is 1. The van der Waals surface area contributed by atoms with Crippen LogP contribution in [0.1, 0.15) is 46.4 Å². The number of aromatic carboxylic acids is 1. The first kappa shape index (κ1) is 18.7. The molecule has 0 heterocycles. The first-order valence-corrected chi connectivity index (χ1v) is 8.67. The van der Waals surface area contributed by atoms with Gasteiger partial charge in [0, 0.05) is 5.56 Å². The number of hydrogen-bond acceptors (Lipinski definition) is 4. The van der Waals surface area contributed by atoms with E-state index in [9.17, 15) is 14.0 Å². The molecule has 0 spiro atoms. The molecular formula is C20H20FNO5. The zero-order valence-electron chi connectivity index (χ0n) is 14.8. The van der Waals surface area contributed by atoms with E-state index in [0.717, 1.165) is 31.7 Å². The monoisotopic (exact) mass is 373 g/mol. The van der Waals surface area contributed by atoms with Crippen LogP contribution in [0.4, 0.5) is 10.1 Å². The lowest BCUT2D eigenvalue weighted by molar-refractivity contribution is 0.0696. The molecule has 2 N–H and O–H groups in total. The van der Waals surface area contributed by atoms with E-state index in [-0.39, 0.29) is 22.9 Å². The Bertz CT molecular complexity index is 861. The summed E-state index contributed by atoms with van der Waals surface area (Å²) in [6.45, 7) is 0. The summed E-state index contributed by atoms with van der Waals surface area (Å²) in [5.41, 5.74) is -0.0248. The summed E-state index contributed by atoms with van der Waals surface area (Å²) in [7, 11) is 1.49. The van der Waals surface area contributed by atoms with E-state index >= 15 is 0 Å². The number of benzene rings is 2. The largest absolute Gasteiger partial charge is 0.493 e. The Hall–Kier alpha value is -3.09. The lowest BCUT2D eigenvalue weighted by Crippen LogP contribution is -2.15. The van der Waals surface area contributed by atoms with Gasteiger partial charge in [-0.25, -0.2) is 9.18 Å². The lowest BCUT2D eigenvalue weighted by Gasteiger charge is -2.16. The summed E-state index contributed by atoms with van der Waals surface area (Å²) in [4.78, 5) is 23.3. The van der Waals surface area contributed by atoms with Crippen molar-refractivity contribution in [1.29, 1.82) is 0 Å². The minimum atomic E-state index is -1.24. The summed E-state index contributed by atoms with van der Waals surface area (Å²) >= 11 is 0. The fraction of sp³-hybridized carbons (Fsp3) is 0.300. The molecule has 1 saturated carbocycles. The molecule has 1 aliphatic carbocycles. The second-order valence-electron chi connectivity index (χ2n) is 6.34. The average molecular weight is 373 g/mol. The van der Waals surface area contributed by atoms with Crippen molar-refractivity contribution in [3.63, 3.8) is 0 Å². The van der Waals surface area contributed by atoms with Crippen LogP contribution in [-0.2, 0) is 0 Å². The molecule has 0 bridgehead atoms. The molecule has 1 aliphatic rings. The summed E-state index contributed by atoms with van der Waals surface area (Å²) < 4.78 is 25.3. The first-order valence-electron chi connectivity index (χ1n) is 8.67. The standard InChI is InChI=1S/C20H20FNO5/c1-26-18-11-12(7-9-17(18)27-14-4-2-3-5-14)19(23)22-16-8-6-13(20(24)25)10-15(16)21/h6-11,14H,2-5H2,1H3,(H,22,23)(H,24,25). The third kappa shape index (κ3) is 4.36. The fourth-order valence-electron chi connectivity index (χ4n) is 3.04. The predicted octanol–water partition coefficient (Wildman–Crippen LogP) is 4.11. The number of rotatable bonds is 6. The molecule has 2 aromatic rings. The second-order valence-corrected chi connectivity index (χ2v) is 6.34. The van der Waals surface area contributed by atoms with Crippen LogP contribution in [0.15, 0.2) is 36.4 Å². The minimum absolute atomic E-state index is 0.102. The number of hydrogen-bond donors (Lipinski definition) is 2. The highest BCUT2D eigenvalue weighted by Gasteiger charge is 2.20. The molecule has 1 amide bonds. The van der Waals surface area contributed by atoms with Crippen molar-refractivity contribution in [2.24, 2.45) is 0 Å². The van der Waals surface area contributed by atoms with Gasteiger partial charge in [0.2, 0.25) is 0 Å². The quantitative estimate of drug-likeness (QED) is 0.796. The Balaban J connectivity index is 1.75. The number of amides is 1. The van der Waals surface area contributed by atoms with Gasteiger partial charge >= 0.3 is 5.97 Å². The van der Waals surface area contributed by atoms with E-state index in [4.69, 9.17) is 14.6 Å². The molecular weight excluding hydrogens is 353 g/mol. The topological polar surface area (TPSA) is 84.9 Å². The van der Waals surface area contributed by atoms with Gasteiger partial charge in [0.25, 0.3) is 5.91 Å². The van der Waals surface area contributed by atoms with Gasteiger partial charge < -0.3 is 19.9 Å². The molecule has 7 heteroatoms. The third-order valence-electron chi connectivity index (χ3n) is 4.49. The Kier molecular flexibility index (Phi) is 5.59. The maximum Gasteiger partial charge on any atom is 0.335 e. The number of carboxylic acid groups (broad SMARTS) is 1. The first-order chi connectivity index (χ1) is 13.0. The Labute approximate surface area is 155 Å². The maximum atomic E-state index is 14.0. The van der Waals surface area contributed by atoms with Gasteiger partial charge in [0.15, 0.2) is 11.5 Å². The maximum absolute atomic E-state index is 14.0. The number of nitrogens with one attached hydrogen (secondary N) is 1. The highest BCUT2D eigenvalue weighted by atomic mass is 19.1. The van der Waals surface area contributed by atoms with Crippen LogP contribution in [0.25, 0.3) is 0 Å². The van der Waals surface area contributed by atoms with E-state index in [2.05, 4.69) is 5.32 Å². The van der Waals surface area contributed by atoms with E-state index in [1.165, 1.54) is 25.3 Å². The number of halogens is 1. The van der Waals surface area contributed by atoms with Crippen molar-refractivity contribution in [1.82, 2.24) is 0 Å². The van der Waals surface area contributed by atoms with Crippen LogP contribution in [0.3, 0.4) is 0 Å².